The Labute approximate surface area is 177 Å². The van der Waals surface area contributed by atoms with Gasteiger partial charge in [0.25, 0.3) is 0 Å². The van der Waals surface area contributed by atoms with E-state index < -0.39 is 0 Å². The average molecular weight is 405 g/mol. The third kappa shape index (κ3) is 5.10. The van der Waals surface area contributed by atoms with Gasteiger partial charge in [0.2, 0.25) is 11.7 Å². The van der Waals surface area contributed by atoms with E-state index in [0.29, 0.717) is 11.9 Å². The zero-order valence-electron chi connectivity index (χ0n) is 17.6. The Hall–Kier alpha value is -3.06. The van der Waals surface area contributed by atoms with Crippen LogP contribution in [0.5, 0.6) is 0 Å². The molecule has 2 heterocycles. The number of likely N-dealkylation sites (tertiary alicyclic amines) is 1. The summed E-state index contributed by atoms with van der Waals surface area (Å²) in [4.78, 5) is 16.3. The van der Waals surface area contributed by atoms with Crippen LogP contribution in [0.1, 0.15) is 37.3 Å². The van der Waals surface area contributed by atoms with E-state index in [4.69, 9.17) is 0 Å². The predicted octanol–water partition coefficient (Wildman–Crippen LogP) is 3.66. The number of hydrogen-bond acceptors (Lipinski definition) is 5. The van der Waals surface area contributed by atoms with Gasteiger partial charge in [-0.1, -0.05) is 48.4 Å². The second-order valence-electron chi connectivity index (χ2n) is 8.07. The highest BCUT2D eigenvalue weighted by molar-refractivity contribution is 5.90. The van der Waals surface area contributed by atoms with Crippen LogP contribution in [0.25, 0.3) is 11.4 Å². The molecule has 1 amide bonds. The maximum atomic E-state index is 12.5. The molecule has 0 bridgehead atoms. The van der Waals surface area contributed by atoms with Crippen LogP contribution in [0, 0.1) is 6.92 Å². The van der Waals surface area contributed by atoms with Crippen molar-refractivity contribution in [3.8, 4) is 11.4 Å². The molecule has 7 heteroatoms. The first-order valence-electron chi connectivity index (χ1n) is 10.5. The fourth-order valence-corrected chi connectivity index (χ4v) is 3.83. The Kier molecular flexibility index (Phi) is 6.18. The second-order valence-corrected chi connectivity index (χ2v) is 8.07. The van der Waals surface area contributed by atoms with E-state index in [1.165, 1.54) is 35.2 Å². The van der Waals surface area contributed by atoms with Gasteiger partial charge in [-0.3, -0.25) is 9.69 Å². The molecule has 0 saturated carbocycles. The summed E-state index contributed by atoms with van der Waals surface area (Å²) in [5.74, 6) is 0.340. The van der Waals surface area contributed by atoms with E-state index in [1.807, 2.05) is 49.4 Å². The first-order valence-corrected chi connectivity index (χ1v) is 10.5. The van der Waals surface area contributed by atoms with Crippen LogP contribution in [0.2, 0.25) is 0 Å². The number of nitrogens with zero attached hydrogens (tertiary/aromatic N) is 5. The van der Waals surface area contributed by atoms with E-state index in [2.05, 4.69) is 38.6 Å². The molecule has 1 fully saturated rings. The van der Waals surface area contributed by atoms with Gasteiger partial charge in [0.05, 0.1) is 0 Å². The minimum Gasteiger partial charge on any atom is -0.324 e. The Morgan fingerprint density at radius 3 is 2.80 bits per heavy atom. The quantitative estimate of drug-likeness (QED) is 0.679. The first-order chi connectivity index (χ1) is 14.6. The number of carbonyl (C=O) groups is 1. The Bertz CT molecular complexity index is 997. The highest BCUT2D eigenvalue weighted by Crippen LogP contribution is 2.20. The van der Waals surface area contributed by atoms with Gasteiger partial charge in [-0.25, -0.2) is 0 Å². The number of aryl methyl sites for hydroxylation is 1. The molecule has 4 rings (SSSR count). The molecule has 3 aromatic rings. The van der Waals surface area contributed by atoms with Crippen molar-refractivity contribution in [2.24, 2.45) is 0 Å². The summed E-state index contributed by atoms with van der Waals surface area (Å²) in [6.07, 6.45) is 3.83. The fraction of sp³-hybridized carbons (Fsp3) is 0.391. The number of carbonyl (C=O) groups excluding carboxylic acids is 1. The molecule has 7 nitrogen and oxygen atoms in total. The third-order valence-corrected chi connectivity index (χ3v) is 5.58. The number of amides is 1. The van der Waals surface area contributed by atoms with Crippen LogP contribution in [-0.2, 0) is 17.9 Å². The molecule has 1 aliphatic heterocycles. The van der Waals surface area contributed by atoms with Crippen LogP contribution in [0.3, 0.4) is 0 Å². The number of aromatic nitrogens is 4. The lowest BCUT2D eigenvalue weighted by molar-refractivity contribution is -0.117. The molecule has 1 N–H and O–H groups in total. The number of hydrogen-bond donors (Lipinski definition) is 1. The van der Waals surface area contributed by atoms with Gasteiger partial charge in [-0.05, 0) is 56.1 Å². The summed E-state index contributed by atoms with van der Waals surface area (Å²) in [7, 11) is 0. The van der Waals surface area contributed by atoms with Crippen LogP contribution in [-0.4, -0.2) is 43.6 Å². The van der Waals surface area contributed by atoms with Crippen molar-refractivity contribution in [2.45, 2.75) is 52.2 Å². The fourth-order valence-electron chi connectivity index (χ4n) is 3.83. The second kappa shape index (κ2) is 9.17. The van der Waals surface area contributed by atoms with Crippen molar-refractivity contribution in [2.75, 3.05) is 11.9 Å². The molecule has 0 spiro atoms. The Balaban J connectivity index is 1.35. The van der Waals surface area contributed by atoms with Gasteiger partial charge >= 0.3 is 0 Å². The number of piperidine rings is 1. The van der Waals surface area contributed by atoms with Crippen molar-refractivity contribution in [3.63, 3.8) is 0 Å². The lowest BCUT2D eigenvalue weighted by atomic mass is 10.0. The summed E-state index contributed by atoms with van der Waals surface area (Å²) in [5.41, 5.74) is 4.05. The molecule has 0 radical (unpaired) electrons. The highest BCUT2D eigenvalue weighted by atomic mass is 16.2. The topological polar surface area (TPSA) is 75.9 Å². The first kappa shape index (κ1) is 20.2. The molecule has 2 aromatic carbocycles. The van der Waals surface area contributed by atoms with Gasteiger partial charge < -0.3 is 5.32 Å². The van der Waals surface area contributed by atoms with Gasteiger partial charge in [0.15, 0.2) is 0 Å². The third-order valence-electron chi connectivity index (χ3n) is 5.58. The lowest BCUT2D eigenvalue weighted by Crippen LogP contribution is -2.36. The molecule has 30 heavy (non-hydrogen) atoms. The largest absolute Gasteiger partial charge is 0.324 e. The standard InChI is InChI=1S/C23H28N6O/c1-17-9-11-20(12-10-17)23-25-27-29(26-23)16-22(30)24-21-8-5-7-19(14-21)15-28-13-4-3-6-18(28)2/h5,7-12,14,18H,3-4,6,13,15-16H2,1-2H3,(H,24,30)/t18-/m0/s1. The van der Waals surface area contributed by atoms with Gasteiger partial charge in [-0.15, -0.1) is 10.2 Å². The van der Waals surface area contributed by atoms with Crippen molar-refractivity contribution < 1.29 is 4.79 Å². The number of rotatable bonds is 6. The summed E-state index contributed by atoms with van der Waals surface area (Å²) in [6, 6.07) is 16.6. The van der Waals surface area contributed by atoms with Crippen molar-refractivity contribution in [3.05, 3.63) is 59.7 Å². The summed E-state index contributed by atoms with van der Waals surface area (Å²) >= 11 is 0. The molecular formula is C23H28N6O. The molecule has 1 saturated heterocycles. The highest BCUT2D eigenvalue weighted by Gasteiger charge is 2.18. The summed E-state index contributed by atoms with van der Waals surface area (Å²) in [5, 5.41) is 15.3. The van der Waals surface area contributed by atoms with E-state index >= 15 is 0 Å². The van der Waals surface area contributed by atoms with Crippen molar-refractivity contribution in [1.82, 2.24) is 25.1 Å². The monoisotopic (exact) mass is 404 g/mol. The van der Waals surface area contributed by atoms with Crippen LogP contribution in [0.4, 0.5) is 5.69 Å². The minimum atomic E-state index is -0.175. The summed E-state index contributed by atoms with van der Waals surface area (Å²) in [6.45, 7) is 6.39. The molecule has 1 aliphatic rings. The predicted molar refractivity (Wildman–Crippen MR) is 117 cm³/mol. The number of anilines is 1. The number of benzene rings is 2. The van der Waals surface area contributed by atoms with Crippen molar-refractivity contribution >= 4 is 11.6 Å². The van der Waals surface area contributed by atoms with E-state index in [0.717, 1.165) is 24.3 Å². The van der Waals surface area contributed by atoms with E-state index in [9.17, 15) is 4.79 Å². The average Bonchev–Trinajstić information content (AvgIpc) is 3.19. The van der Waals surface area contributed by atoms with Crippen LogP contribution < -0.4 is 5.32 Å². The van der Waals surface area contributed by atoms with Gasteiger partial charge in [-0.2, -0.15) is 4.80 Å². The molecular weight excluding hydrogens is 376 g/mol. The van der Waals surface area contributed by atoms with Gasteiger partial charge in [0, 0.05) is 23.8 Å². The minimum absolute atomic E-state index is 0.0201. The smallest absolute Gasteiger partial charge is 0.248 e. The maximum absolute atomic E-state index is 12.5. The zero-order chi connectivity index (χ0) is 20.9. The SMILES string of the molecule is Cc1ccc(-c2nnn(CC(=O)Nc3cccc(CN4CCCC[C@@H]4C)c3)n2)cc1. The van der Waals surface area contributed by atoms with Crippen molar-refractivity contribution in [1.29, 1.82) is 0 Å². The van der Waals surface area contributed by atoms with Gasteiger partial charge in [0.1, 0.15) is 6.54 Å². The Morgan fingerprint density at radius 2 is 2.00 bits per heavy atom. The normalized spacial score (nSPS) is 17.1. The van der Waals surface area contributed by atoms with E-state index in [-0.39, 0.29) is 12.5 Å². The Morgan fingerprint density at radius 1 is 1.17 bits per heavy atom. The zero-order valence-corrected chi connectivity index (χ0v) is 17.6. The van der Waals surface area contributed by atoms with E-state index in [1.54, 1.807) is 0 Å². The molecule has 156 valence electrons. The summed E-state index contributed by atoms with van der Waals surface area (Å²) < 4.78 is 0. The van der Waals surface area contributed by atoms with Crippen LogP contribution >= 0.6 is 0 Å². The number of nitrogens with one attached hydrogen (secondary N) is 1. The van der Waals surface area contributed by atoms with Crippen LogP contribution in [0.15, 0.2) is 48.5 Å². The molecule has 1 aromatic heterocycles. The number of tetrazole rings is 1. The molecule has 0 aliphatic carbocycles. The molecule has 1 atom stereocenters. The maximum Gasteiger partial charge on any atom is 0.248 e. The molecule has 0 unspecified atom stereocenters. The lowest BCUT2D eigenvalue weighted by Gasteiger charge is -2.33.